The summed E-state index contributed by atoms with van der Waals surface area (Å²) in [7, 11) is 2.01. The molecule has 1 aromatic carbocycles. The van der Waals surface area contributed by atoms with Gasteiger partial charge in [-0.15, -0.1) is 0 Å². The Hall–Kier alpha value is -1.60. The average molecular weight is 342 g/mol. The van der Waals surface area contributed by atoms with Gasteiger partial charge >= 0.3 is 6.18 Å². The number of carbonyl (C=O) groups is 1. The molecule has 3 rings (SSSR count). The van der Waals surface area contributed by atoms with E-state index < -0.39 is 17.3 Å². The van der Waals surface area contributed by atoms with E-state index in [2.05, 4.69) is 4.90 Å². The van der Waals surface area contributed by atoms with Crippen molar-refractivity contribution in [3.8, 4) is 0 Å². The number of hydrogen-bond acceptors (Lipinski definition) is 3. The lowest BCUT2D eigenvalue weighted by Crippen LogP contribution is -2.59. The number of benzene rings is 1. The molecule has 0 N–H and O–H groups in total. The Morgan fingerprint density at radius 1 is 1.25 bits per heavy atom. The first-order valence-electron chi connectivity index (χ1n) is 8.08. The minimum absolute atomic E-state index is 0.0750. The smallest absolute Gasteiger partial charge is 0.370 e. The van der Waals surface area contributed by atoms with Crippen molar-refractivity contribution in [2.45, 2.75) is 24.6 Å². The third-order valence-corrected chi connectivity index (χ3v) is 4.70. The van der Waals surface area contributed by atoms with E-state index in [1.807, 2.05) is 7.05 Å². The monoisotopic (exact) mass is 342 g/mol. The lowest BCUT2D eigenvalue weighted by molar-refractivity contribution is -0.137. The van der Waals surface area contributed by atoms with Gasteiger partial charge < -0.3 is 14.5 Å². The molecule has 1 unspecified atom stereocenters. The third-order valence-electron chi connectivity index (χ3n) is 4.70. The zero-order valence-electron chi connectivity index (χ0n) is 13.6. The van der Waals surface area contributed by atoms with Crippen molar-refractivity contribution < 1.29 is 22.7 Å². The lowest BCUT2D eigenvalue weighted by Gasteiger charge is -2.47. The molecular formula is C17H21F3N2O2. The summed E-state index contributed by atoms with van der Waals surface area (Å²) >= 11 is 0. The number of alkyl halides is 3. The Kier molecular flexibility index (Phi) is 4.57. The van der Waals surface area contributed by atoms with Gasteiger partial charge in [-0.2, -0.15) is 13.2 Å². The molecule has 1 amide bonds. The van der Waals surface area contributed by atoms with Gasteiger partial charge in [0, 0.05) is 25.2 Å². The number of morpholine rings is 1. The van der Waals surface area contributed by atoms with E-state index in [-0.39, 0.29) is 11.5 Å². The fourth-order valence-electron chi connectivity index (χ4n) is 3.56. The molecule has 2 aliphatic heterocycles. The maximum absolute atomic E-state index is 12.9. The number of carbonyl (C=O) groups excluding carboxylic acids is 1. The standard InChI is InChI=1S/C17H21F3N2O2/c1-21-8-9-24-16(11-21)6-3-7-22(12-16)15(23)13-4-2-5-14(10-13)17(18,19)20/h2,4-5,10H,3,6-9,11-12H2,1H3. The number of likely N-dealkylation sites (N-methyl/N-ethyl adjacent to an activating group) is 1. The zero-order chi connectivity index (χ0) is 17.4. The summed E-state index contributed by atoms with van der Waals surface area (Å²) in [6, 6.07) is 4.62. The molecule has 1 spiro atoms. The Morgan fingerprint density at radius 3 is 2.75 bits per heavy atom. The second-order valence-electron chi connectivity index (χ2n) is 6.68. The molecule has 0 aliphatic carbocycles. The number of ether oxygens (including phenoxy) is 1. The predicted octanol–water partition coefficient (Wildman–Crippen LogP) is 2.64. The minimum atomic E-state index is -4.45. The molecule has 1 atom stereocenters. The highest BCUT2D eigenvalue weighted by Crippen LogP contribution is 2.32. The normalized spacial score (nSPS) is 25.9. The first kappa shape index (κ1) is 17.2. The first-order chi connectivity index (χ1) is 11.3. The van der Waals surface area contributed by atoms with Gasteiger partial charge in [0.25, 0.3) is 5.91 Å². The topological polar surface area (TPSA) is 32.8 Å². The van der Waals surface area contributed by atoms with Crippen LogP contribution < -0.4 is 0 Å². The van der Waals surface area contributed by atoms with Crippen molar-refractivity contribution in [3.63, 3.8) is 0 Å². The van der Waals surface area contributed by atoms with Crippen LogP contribution in [0.2, 0.25) is 0 Å². The second kappa shape index (κ2) is 6.37. The zero-order valence-corrected chi connectivity index (χ0v) is 13.6. The van der Waals surface area contributed by atoms with E-state index in [1.54, 1.807) is 4.90 Å². The maximum Gasteiger partial charge on any atom is 0.416 e. The lowest BCUT2D eigenvalue weighted by atomic mass is 9.90. The van der Waals surface area contributed by atoms with E-state index in [0.29, 0.717) is 19.7 Å². The molecule has 2 aliphatic rings. The molecule has 0 aromatic heterocycles. The van der Waals surface area contributed by atoms with Gasteiger partial charge in [-0.1, -0.05) is 6.07 Å². The van der Waals surface area contributed by atoms with Gasteiger partial charge in [-0.3, -0.25) is 4.79 Å². The van der Waals surface area contributed by atoms with Crippen LogP contribution in [0.15, 0.2) is 24.3 Å². The van der Waals surface area contributed by atoms with Gasteiger partial charge in [0.15, 0.2) is 0 Å². The first-order valence-corrected chi connectivity index (χ1v) is 8.08. The molecule has 0 radical (unpaired) electrons. The van der Waals surface area contributed by atoms with Crippen LogP contribution in [0, 0.1) is 0 Å². The number of hydrogen-bond donors (Lipinski definition) is 0. The van der Waals surface area contributed by atoms with E-state index >= 15 is 0 Å². The maximum atomic E-state index is 12.9. The number of likely N-dealkylation sites (tertiary alicyclic amines) is 1. The predicted molar refractivity (Wildman–Crippen MR) is 82.8 cm³/mol. The highest BCUT2D eigenvalue weighted by molar-refractivity contribution is 5.94. The SMILES string of the molecule is CN1CCOC2(CCCN(C(=O)c3cccc(C(F)(F)F)c3)C2)C1. The third kappa shape index (κ3) is 3.57. The number of piperidine rings is 1. The van der Waals surface area contributed by atoms with Crippen LogP contribution in [0.1, 0.15) is 28.8 Å². The van der Waals surface area contributed by atoms with Crippen molar-refractivity contribution in [3.05, 3.63) is 35.4 Å². The number of amides is 1. The van der Waals surface area contributed by atoms with Crippen LogP contribution in [0.25, 0.3) is 0 Å². The minimum Gasteiger partial charge on any atom is -0.370 e. The van der Waals surface area contributed by atoms with Crippen LogP contribution in [0.4, 0.5) is 13.2 Å². The van der Waals surface area contributed by atoms with Gasteiger partial charge in [-0.25, -0.2) is 0 Å². The Balaban J connectivity index is 1.77. The summed E-state index contributed by atoms with van der Waals surface area (Å²) in [5, 5.41) is 0. The van der Waals surface area contributed by atoms with Gasteiger partial charge in [0.2, 0.25) is 0 Å². The van der Waals surface area contributed by atoms with Gasteiger partial charge in [0.1, 0.15) is 0 Å². The summed E-state index contributed by atoms with van der Waals surface area (Å²) in [6.45, 7) is 3.17. The van der Waals surface area contributed by atoms with Crippen molar-refractivity contribution in [1.82, 2.24) is 9.80 Å². The van der Waals surface area contributed by atoms with Crippen LogP contribution in [-0.4, -0.2) is 61.1 Å². The fraction of sp³-hybridized carbons (Fsp3) is 0.588. The van der Waals surface area contributed by atoms with Crippen LogP contribution in [0.5, 0.6) is 0 Å². The van der Waals surface area contributed by atoms with Crippen LogP contribution >= 0.6 is 0 Å². The molecule has 4 nitrogen and oxygen atoms in total. The number of rotatable bonds is 1. The molecule has 0 bridgehead atoms. The average Bonchev–Trinajstić information content (AvgIpc) is 2.53. The van der Waals surface area contributed by atoms with Crippen molar-refractivity contribution in [1.29, 1.82) is 0 Å². The summed E-state index contributed by atoms with van der Waals surface area (Å²) in [6.07, 6.45) is -2.79. The quantitative estimate of drug-likeness (QED) is 0.787. The Morgan fingerprint density at radius 2 is 2.04 bits per heavy atom. The summed E-state index contributed by atoms with van der Waals surface area (Å²) < 4.78 is 44.5. The van der Waals surface area contributed by atoms with E-state index in [0.717, 1.165) is 38.1 Å². The number of nitrogens with zero attached hydrogens (tertiary/aromatic N) is 2. The highest BCUT2D eigenvalue weighted by atomic mass is 19.4. The van der Waals surface area contributed by atoms with Crippen LogP contribution in [0.3, 0.4) is 0 Å². The largest absolute Gasteiger partial charge is 0.416 e. The molecule has 1 aromatic rings. The molecule has 0 saturated carbocycles. The summed E-state index contributed by atoms with van der Waals surface area (Å²) in [5.74, 6) is -0.364. The molecular weight excluding hydrogens is 321 g/mol. The molecule has 2 fully saturated rings. The fourth-order valence-corrected chi connectivity index (χ4v) is 3.56. The number of halogens is 3. The highest BCUT2D eigenvalue weighted by Gasteiger charge is 2.41. The van der Waals surface area contributed by atoms with E-state index in [9.17, 15) is 18.0 Å². The van der Waals surface area contributed by atoms with Crippen molar-refractivity contribution >= 4 is 5.91 Å². The van der Waals surface area contributed by atoms with E-state index in [1.165, 1.54) is 12.1 Å². The van der Waals surface area contributed by atoms with Crippen LogP contribution in [-0.2, 0) is 10.9 Å². The van der Waals surface area contributed by atoms with Gasteiger partial charge in [-0.05, 0) is 38.1 Å². The molecule has 132 valence electrons. The van der Waals surface area contributed by atoms with E-state index in [4.69, 9.17) is 4.74 Å². The Bertz CT molecular complexity index is 616. The molecule has 24 heavy (non-hydrogen) atoms. The van der Waals surface area contributed by atoms with Crippen molar-refractivity contribution in [2.24, 2.45) is 0 Å². The molecule has 2 heterocycles. The molecule has 7 heteroatoms. The Labute approximate surface area is 139 Å². The second-order valence-corrected chi connectivity index (χ2v) is 6.68. The summed E-state index contributed by atoms with van der Waals surface area (Å²) in [5.41, 5.74) is -1.12. The molecule has 2 saturated heterocycles. The van der Waals surface area contributed by atoms with Crippen molar-refractivity contribution in [2.75, 3.05) is 39.8 Å². The summed E-state index contributed by atoms with van der Waals surface area (Å²) in [4.78, 5) is 16.5. The van der Waals surface area contributed by atoms with Gasteiger partial charge in [0.05, 0.1) is 24.3 Å².